The quantitative estimate of drug-likeness (QED) is 0.0169. The zero-order valence-corrected chi connectivity index (χ0v) is 71.7. The first-order valence-electron chi connectivity index (χ1n) is 42.3. The Morgan fingerprint density at radius 2 is 0.465 bits per heavy atom. The number of phosphoric acid groups is 2. The molecule has 5 atom stereocenters. The Hall–Kier alpha value is -7.14. The number of aliphatic hydroxyl groups excluding tert-OH is 1. The van der Waals surface area contributed by atoms with Crippen molar-refractivity contribution >= 4 is 39.5 Å². The third-order valence-corrected chi connectivity index (χ3v) is 18.2. The van der Waals surface area contributed by atoms with E-state index in [1.807, 2.05) is 66.8 Å². The second-order valence-electron chi connectivity index (χ2n) is 27.0. The second-order valence-corrected chi connectivity index (χ2v) is 29.9. The number of carbonyl (C=O) groups is 4. The smallest absolute Gasteiger partial charge is 0.462 e. The molecule has 0 aliphatic heterocycles. The molecule has 3 N–H and O–H groups in total. The molecule has 638 valence electrons. The zero-order chi connectivity index (χ0) is 83.1. The van der Waals surface area contributed by atoms with E-state index in [9.17, 15) is 43.2 Å². The van der Waals surface area contributed by atoms with E-state index in [-0.39, 0.29) is 25.7 Å². The van der Waals surface area contributed by atoms with Crippen LogP contribution in [0.25, 0.3) is 0 Å². The summed E-state index contributed by atoms with van der Waals surface area (Å²) in [6.07, 6.45) is 110. The predicted molar refractivity (Wildman–Crippen MR) is 472 cm³/mol. The van der Waals surface area contributed by atoms with Crippen LogP contribution >= 0.6 is 15.6 Å². The fourth-order valence-electron chi connectivity index (χ4n) is 9.91. The van der Waals surface area contributed by atoms with Crippen molar-refractivity contribution in [1.82, 2.24) is 0 Å². The normalized spacial score (nSPS) is 15.0. The van der Waals surface area contributed by atoms with Crippen LogP contribution in [0.15, 0.2) is 243 Å². The van der Waals surface area contributed by atoms with Gasteiger partial charge in [-0.2, -0.15) is 0 Å². The minimum Gasteiger partial charge on any atom is -0.462 e. The van der Waals surface area contributed by atoms with Crippen LogP contribution in [-0.4, -0.2) is 96.7 Å². The molecule has 0 radical (unpaired) electrons. The molecule has 0 aliphatic rings. The van der Waals surface area contributed by atoms with Crippen LogP contribution in [0.2, 0.25) is 0 Å². The predicted octanol–water partition coefficient (Wildman–Crippen LogP) is 25.6. The summed E-state index contributed by atoms with van der Waals surface area (Å²) in [4.78, 5) is 73.1. The van der Waals surface area contributed by atoms with Gasteiger partial charge in [0, 0.05) is 25.7 Å². The standard InChI is InChI=1S/C95H146O17P2/c1-5-9-13-17-21-25-29-33-37-41-44-48-51-55-59-63-67-71-75-79-92(97)105-85-90(111-94(99)81-77-73-69-65-61-57-53-47-40-36-32-28-24-20-16-12-8-4)87-109-113(101,102)107-83-89(96)84-108-114(103,104)110-88-91(112-95(100)82-78-74-70-66-62-58-54-50-46-43-39-35-31-27-23-19-15-11-7-3)86-106-93(98)80-76-72-68-64-60-56-52-49-45-42-38-34-30-26-22-18-14-10-6-2/h9,13,21-28,33-40,44-46,48-50,53,55-60,62,65,67-72,74,89-91,96H,5-8,10-12,14-20,29-32,41-43,47,51-52,54,61,63-64,66,73,75-88H2,1-4H3,(H,101,102)(H,103,104)/b13-9-,25-21-,26-22-,27-23-,28-24-,37-33-,38-34-,39-35-,40-36-,48-44-,49-45-,50-46-,57-53-,59-55-,60-56-,62-58-,69-65-,71-67-,72-68-,74-70-/t89-,90-,91-/m1/s1. The van der Waals surface area contributed by atoms with Crippen molar-refractivity contribution in [2.45, 2.75) is 290 Å². The first kappa shape index (κ1) is 107. The number of aliphatic hydroxyl groups is 1. The summed E-state index contributed by atoms with van der Waals surface area (Å²) >= 11 is 0. The number of carbonyl (C=O) groups excluding carboxylic acids is 4. The van der Waals surface area contributed by atoms with E-state index in [0.717, 1.165) is 109 Å². The molecule has 19 heteroatoms. The summed E-state index contributed by atoms with van der Waals surface area (Å²) < 4.78 is 68.4. The van der Waals surface area contributed by atoms with E-state index in [1.54, 1.807) is 0 Å². The molecular weight excluding hydrogens is 1470 g/mol. The number of ether oxygens (including phenoxy) is 4. The van der Waals surface area contributed by atoms with Gasteiger partial charge >= 0.3 is 39.5 Å². The number of hydrogen-bond donors (Lipinski definition) is 3. The number of rotatable bonds is 76. The average Bonchev–Trinajstić information content (AvgIpc) is 0.899. The maximum absolute atomic E-state index is 13.1. The second kappa shape index (κ2) is 83.8. The van der Waals surface area contributed by atoms with E-state index >= 15 is 0 Å². The molecule has 17 nitrogen and oxygen atoms in total. The monoisotopic (exact) mass is 1620 g/mol. The van der Waals surface area contributed by atoms with Gasteiger partial charge in [-0.25, -0.2) is 9.13 Å². The fourth-order valence-corrected chi connectivity index (χ4v) is 11.5. The number of allylic oxidation sites excluding steroid dienone is 40. The summed E-state index contributed by atoms with van der Waals surface area (Å²) in [6, 6.07) is 0. The minimum absolute atomic E-state index is 0.00875. The lowest BCUT2D eigenvalue weighted by molar-refractivity contribution is -0.161. The Morgan fingerprint density at radius 1 is 0.254 bits per heavy atom. The molecule has 0 heterocycles. The number of phosphoric ester groups is 2. The van der Waals surface area contributed by atoms with Crippen LogP contribution in [0.3, 0.4) is 0 Å². The number of esters is 4. The van der Waals surface area contributed by atoms with Crippen molar-refractivity contribution in [2.75, 3.05) is 39.6 Å². The van der Waals surface area contributed by atoms with Crippen LogP contribution < -0.4 is 0 Å². The van der Waals surface area contributed by atoms with Crippen molar-refractivity contribution in [3.63, 3.8) is 0 Å². The summed E-state index contributed by atoms with van der Waals surface area (Å²) in [6.45, 7) is 4.31. The molecule has 0 aromatic heterocycles. The third-order valence-electron chi connectivity index (χ3n) is 16.3. The first-order chi connectivity index (χ1) is 55.7. The van der Waals surface area contributed by atoms with E-state index < -0.39 is 97.5 Å². The molecule has 0 fully saturated rings. The van der Waals surface area contributed by atoms with Crippen molar-refractivity contribution in [1.29, 1.82) is 0 Å². The molecule has 0 rings (SSSR count). The van der Waals surface area contributed by atoms with E-state index in [0.29, 0.717) is 51.4 Å². The molecule has 0 amide bonds. The minimum atomic E-state index is -5.04. The Bertz CT molecular complexity index is 3120. The molecule has 0 aliphatic carbocycles. The number of hydrogen-bond acceptors (Lipinski definition) is 15. The summed E-state index contributed by atoms with van der Waals surface area (Å²) in [5, 5.41) is 10.7. The Balaban J connectivity index is 5.67. The van der Waals surface area contributed by atoms with Crippen molar-refractivity contribution < 1.29 is 80.2 Å². The first-order valence-corrected chi connectivity index (χ1v) is 45.3. The van der Waals surface area contributed by atoms with Crippen LogP contribution in [-0.2, 0) is 65.4 Å². The van der Waals surface area contributed by atoms with Crippen LogP contribution in [0.5, 0.6) is 0 Å². The molecule has 0 bridgehead atoms. The van der Waals surface area contributed by atoms with Crippen LogP contribution in [0.1, 0.15) is 272 Å². The lowest BCUT2D eigenvalue weighted by Crippen LogP contribution is -2.30. The van der Waals surface area contributed by atoms with Gasteiger partial charge in [0.15, 0.2) is 12.2 Å². The topological polar surface area (TPSA) is 237 Å². The van der Waals surface area contributed by atoms with Gasteiger partial charge in [0.05, 0.1) is 26.4 Å². The molecule has 0 aromatic rings. The van der Waals surface area contributed by atoms with Crippen LogP contribution in [0.4, 0.5) is 0 Å². The molecule has 0 spiro atoms. The molecule has 114 heavy (non-hydrogen) atoms. The van der Waals surface area contributed by atoms with Gasteiger partial charge in [-0.15, -0.1) is 0 Å². The van der Waals surface area contributed by atoms with Gasteiger partial charge < -0.3 is 33.8 Å². The average molecular weight is 1620 g/mol. The summed E-state index contributed by atoms with van der Waals surface area (Å²) in [5.41, 5.74) is 0. The Morgan fingerprint density at radius 3 is 0.719 bits per heavy atom. The molecule has 2 unspecified atom stereocenters. The highest BCUT2D eigenvalue weighted by Crippen LogP contribution is 2.45. The molecular formula is C95H146O17P2. The van der Waals surface area contributed by atoms with Crippen molar-refractivity contribution in [3.05, 3.63) is 243 Å². The summed E-state index contributed by atoms with van der Waals surface area (Å²) in [5.74, 6) is -2.57. The molecule has 0 aromatic carbocycles. The Kier molecular flexibility index (Phi) is 78.5. The molecule has 0 saturated carbocycles. The fraction of sp³-hybridized carbons (Fsp3) is 0.537. The third kappa shape index (κ3) is 82.8. The van der Waals surface area contributed by atoms with E-state index in [4.69, 9.17) is 37.0 Å². The van der Waals surface area contributed by atoms with Gasteiger partial charge in [0.2, 0.25) is 0 Å². The van der Waals surface area contributed by atoms with Gasteiger partial charge in [0.25, 0.3) is 0 Å². The lowest BCUT2D eigenvalue weighted by Gasteiger charge is -2.21. The van der Waals surface area contributed by atoms with Crippen LogP contribution in [0, 0.1) is 0 Å². The maximum atomic E-state index is 13.1. The van der Waals surface area contributed by atoms with Crippen molar-refractivity contribution in [2.24, 2.45) is 0 Å². The van der Waals surface area contributed by atoms with Gasteiger partial charge in [-0.05, 0) is 180 Å². The highest BCUT2D eigenvalue weighted by atomic mass is 31.2. The largest absolute Gasteiger partial charge is 0.472 e. The zero-order valence-electron chi connectivity index (χ0n) is 69.9. The maximum Gasteiger partial charge on any atom is 0.472 e. The van der Waals surface area contributed by atoms with Gasteiger partial charge in [-0.3, -0.25) is 37.3 Å². The highest BCUT2D eigenvalue weighted by molar-refractivity contribution is 7.47. The highest BCUT2D eigenvalue weighted by Gasteiger charge is 2.30. The van der Waals surface area contributed by atoms with E-state index in [1.165, 1.54) is 57.8 Å². The van der Waals surface area contributed by atoms with E-state index in [2.05, 4.69) is 204 Å². The Labute approximate surface area is 688 Å². The van der Waals surface area contributed by atoms with Crippen molar-refractivity contribution in [3.8, 4) is 0 Å². The molecule has 0 saturated heterocycles. The summed E-state index contributed by atoms with van der Waals surface area (Å²) in [7, 11) is -10.1. The number of unbranched alkanes of at least 4 members (excludes halogenated alkanes) is 10. The van der Waals surface area contributed by atoms with Gasteiger partial charge in [0.1, 0.15) is 19.3 Å². The SMILES string of the molecule is CC/C=C\C/C=C\C/C=C\C/C=C\C/C=C\C/C=C\CCC(=O)OC[C@H](COP(=O)(O)OC[C@@H](O)COP(=O)(O)OC[C@@H](COC(=O)CC/C=C\C/C=C\C/C=C\C/C=C\C/C=C\CCCCC)OC(=O)CC/C=C\C/C=C\C/C=C\C/C=C\C/C=C\CCCCC)OC(=O)CCC/C=C\C/C=C\C/C=C\C/C=C\CCCCC. The van der Waals surface area contributed by atoms with Gasteiger partial charge in [-0.1, -0.05) is 309 Å². The lowest BCUT2D eigenvalue weighted by atomic mass is 10.2.